The smallest absolute Gasteiger partial charge is 0.0961 e. The average molecular weight is 222 g/mol. The van der Waals surface area contributed by atoms with Gasteiger partial charge in [0, 0.05) is 0 Å². The third-order valence-corrected chi connectivity index (χ3v) is 3.31. The highest BCUT2D eigenvalue weighted by atomic mass is 16.3. The van der Waals surface area contributed by atoms with Gasteiger partial charge in [-0.25, -0.2) is 0 Å². The molecule has 92 valence electrons. The summed E-state index contributed by atoms with van der Waals surface area (Å²) in [4.78, 5) is 0. The summed E-state index contributed by atoms with van der Waals surface area (Å²) in [6.07, 6.45) is 13.6. The summed E-state index contributed by atoms with van der Waals surface area (Å²) in [6, 6.07) is 0. The number of hydrogen-bond donors (Lipinski definition) is 1. The first-order valence-corrected chi connectivity index (χ1v) is 6.85. The van der Waals surface area contributed by atoms with E-state index in [0.717, 1.165) is 25.7 Å². The molecule has 0 aromatic heterocycles. The van der Waals surface area contributed by atoms with Crippen LogP contribution in [-0.2, 0) is 0 Å². The van der Waals surface area contributed by atoms with Crippen LogP contribution in [0.4, 0.5) is 0 Å². The third-order valence-electron chi connectivity index (χ3n) is 3.31. The Bertz CT molecular complexity index is 250. The van der Waals surface area contributed by atoms with E-state index in [2.05, 4.69) is 26.0 Å². The number of hydrogen-bond acceptors (Lipinski definition) is 1. The van der Waals surface area contributed by atoms with Gasteiger partial charge in [-0.3, -0.25) is 0 Å². The molecule has 1 unspecified atom stereocenters. The second-order valence-electron chi connectivity index (χ2n) is 4.75. The van der Waals surface area contributed by atoms with Crippen molar-refractivity contribution in [2.24, 2.45) is 0 Å². The van der Waals surface area contributed by atoms with Gasteiger partial charge in [0.05, 0.1) is 6.10 Å². The van der Waals surface area contributed by atoms with Crippen LogP contribution < -0.4 is 0 Å². The van der Waals surface area contributed by atoms with Gasteiger partial charge in [-0.2, -0.15) is 0 Å². The Morgan fingerprint density at radius 2 is 1.62 bits per heavy atom. The molecule has 0 radical (unpaired) electrons. The zero-order chi connectivity index (χ0) is 11.8. The van der Waals surface area contributed by atoms with Gasteiger partial charge >= 0.3 is 0 Å². The molecule has 1 nitrogen and oxygen atoms in total. The topological polar surface area (TPSA) is 20.2 Å². The summed E-state index contributed by atoms with van der Waals surface area (Å²) >= 11 is 0. The molecule has 1 aliphatic rings. The molecular formula is C15H26O. The minimum absolute atomic E-state index is 0.256. The van der Waals surface area contributed by atoms with E-state index < -0.39 is 0 Å². The lowest BCUT2D eigenvalue weighted by Crippen LogP contribution is -2.05. The lowest BCUT2D eigenvalue weighted by Gasteiger charge is -2.06. The van der Waals surface area contributed by atoms with E-state index >= 15 is 0 Å². The van der Waals surface area contributed by atoms with Crippen LogP contribution in [0.25, 0.3) is 0 Å². The molecule has 0 spiro atoms. The second-order valence-corrected chi connectivity index (χ2v) is 4.75. The van der Waals surface area contributed by atoms with Crippen molar-refractivity contribution in [3.8, 4) is 0 Å². The second kappa shape index (κ2) is 7.67. The van der Waals surface area contributed by atoms with E-state index in [4.69, 9.17) is 0 Å². The maximum atomic E-state index is 10.1. The highest BCUT2D eigenvalue weighted by Crippen LogP contribution is 2.31. The fraction of sp³-hybridized carbons (Fsp3) is 0.733. The fourth-order valence-corrected chi connectivity index (χ4v) is 2.24. The van der Waals surface area contributed by atoms with Crippen molar-refractivity contribution < 1.29 is 5.11 Å². The molecule has 1 saturated carbocycles. The number of aliphatic hydroxyl groups is 1. The van der Waals surface area contributed by atoms with Crippen LogP contribution >= 0.6 is 0 Å². The molecule has 0 aromatic rings. The summed E-state index contributed by atoms with van der Waals surface area (Å²) in [5.41, 5.74) is 2.52. The molecule has 16 heavy (non-hydrogen) atoms. The quantitative estimate of drug-likeness (QED) is 0.522. The summed E-state index contributed by atoms with van der Waals surface area (Å²) in [7, 11) is 0. The lowest BCUT2D eigenvalue weighted by atomic mass is 10.1. The van der Waals surface area contributed by atoms with Crippen LogP contribution in [0.5, 0.6) is 0 Å². The van der Waals surface area contributed by atoms with E-state index in [0.29, 0.717) is 0 Å². The Morgan fingerprint density at radius 3 is 2.19 bits per heavy atom. The molecule has 0 aromatic carbocycles. The Hall–Kier alpha value is -0.560. The Balaban J connectivity index is 2.40. The zero-order valence-electron chi connectivity index (χ0n) is 10.8. The summed E-state index contributed by atoms with van der Waals surface area (Å²) in [5, 5.41) is 10.1. The predicted molar refractivity (Wildman–Crippen MR) is 70.5 cm³/mol. The minimum atomic E-state index is -0.256. The summed E-state index contributed by atoms with van der Waals surface area (Å²) in [5.74, 6) is 0. The number of rotatable bonds is 6. The van der Waals surface area contributed by atoms with Gasteiger partial charge in [0.2, 0.25) is 0 Å². The van der Waals surface area contributed by atoms with Gasteiger partial charge in [-0.1, -0.05) is 45.3 Å². The molecule has 0 heterocycles. The van der Waals surface area contributed by atoms with Gasteiger partial charge in [0.25, 0.3) is 0 Å². The minimum Gasteiger partial charge on any atom is -0.384 e. The number of unbranched alkanes of at least 4 members (excludes halogenated alkanes) is 4. The number of aliphatic hydroxyl groups excluding tert-OH is 1. The SMILES string of the molecule is CCCC=C1CCC(=CCCCCC)C1O. The average Bonchev–Trinajstić information content (AvgIpc) is 2.64. The Morgan fingerprint density at radius 1 is 1.00 bits per heavy atom. The van der Waals surface area contributed by atoms with Crippen LogP contribution in [0.15, 0.2) is 23.3 Å². The molecule has 1 rings (SSSR count). The van der Waals surface area contributed by atoms with Crippen LogP contribution in [0, 0.1) is 0 Å². The van der Waals surface area contributed by atoms with E-state index in [1.54, 1.807) is 0 Å². The van der Waals surface area contributed by atoms with Gasteiger partial charge in [-0.15, -0.1) is 0 Å². The van der Waals surface area contributed by atoms with Crippen LogP contribution in [0.1, 0.15) is 65.2 Å². The maximum absolute atomic E-state index is 10.1. The monoisotopic (exact) mass is 222 g/mol. The lowest BCUT2D eigenvalue weighted by molar-refractivity contribution is 0.254. The first-order chi connectivity index (χ1) is 7.79. The fourth-order valence-electron chi connectivity index (χ4n) is 2.24. The Labute approximate surface area is 100 Å². The van der Waals surface area contributed by atoms with Crippen molar-refractivity contribution in [1.29, 1.82) is 0 Å². The van der Waals surface area contributed by atoms with E-state index in [1.807, 2.05) is 0 Å². The Kier molecular flexibility index (Phi) is 6.47. The van der Waals surface area contributed by atoms with E-state index in [1.165, 1.54) is 36.8 Å². The van der Waals surface area contributed by atoms with Gasteiger partial charge in [0.1, 0.15) is 0 Å². The van der Waals surface area contributed by atoms with E-state index in [9.17, 15) is 5.11 Å². The van der Waals surface area contributed by atoms with Gasteiger partial charge in [-0.05, 0) is 43.3 Å². The molecule has 1 heteroatoms. The number of allylic oxidation sites excluding steroid dienone is 2. The summed E-state index contributed by atoms with van der Waals surface area (Å²) in [6.45, 7) is 4.41. The van der Waals surface area contributed by atoms with Crippen LogP contribution in [-0.4, -0.2) is 11.2 Å². The van der Waals surface area contributed by atoms with Crippen molar-refractivity contribution in [3.05, 3.63) is 23.3 Å². The molecule has 0 bridgehead atoms. The van der Waals surface area contributed by atoms with Crippen molar-refractivity contribution in [3.63, 3.8) is 0 Å². The molecule has 1 atom stereocenters. The molecule has 1 N–H and O–H groups in total. The molecule has 0 aliphatic heterocycles. The normalized spacial score (nSPS) is 25.8. The zero-order valence-corrected chi connectivity index (χ0v) is 10.8. The first-order valence-electron chi connectivity index (χ1n) is 6.85. The van der Waals surface area contributed by atoms with Gasteiger partial charge < -0.3 is 5.11 Å². The molecule has 1 aliphatic carbocycles. The highest BCUT2D eigenvalue weighted by Gasteiger charge is 2.22. The van der Waals surface area contributed by atoms with Crippen molar-refractivity contribution >= 4 is 0 Å². The first kappa shape index (κ1) is 13.5. The molecule has 0 saturated heterocycles. The third kappa shape index (κ3) is 4.13. The molecule has 1 fully saturated rings. The molecular weight excluding hydrogens is 196 g/mol. The van der Waals surface area contributed by atoms with Gasteiger partial charge in [0.15, 0.2) is 0 Å². The van der Waals surface area contributed by atoms with Crippen LogP contribution in [0.2, 0.25) is 0 Å². The highest BCUT2D eigenvalue weighted by molar-refractivity contribution is 5.30. The summed E-state index contributed by atoms with van der Waals surface area (Å²) < 4.78 is 0. The van der Waals surface area contributed by atoms with Crippen LogP contribution in [0.3, 0.4) is 0 Å². The standard InChI is InChI=1S/C15H26O/c1-3-5-7-8-10-14-12-11-13(15(14)16)9-6-4-2/h9-10,15-16H,3-8,11-12H2,1-2H3. The largest absolute Gasteiger partial charge is 0.384 e. The predicted octanol–water partition coefficient (Wildman–Crippen LogP) is 4.37. The van der Waals surface area contributed by atoms with Crippen molar-refractivity contribution in [2.45, 2.75) is 71.3 Å². The van der Waals surface area contributed by atoms with Crippen molar-refractivity contribution in [1.82, 2.24) is 0 Å². The van der Waals surface area contributed by atoms with Crippen molar-refractivity contribution in [2.75, 3.05) is 0 Å². The molecule has 0 amide bonds. The van der Waals surface area contributed by atoms with E-state index in [-0.39, 0.29) is 6.10 Å². The maximum Gasteiger partial charge on any atom is 0.0961 e.